The Morgan fingerprint density at radius 3 is 2.48 bits per heavy atom. The molecule has 6 heteroatoms. The fourth-order valence-electron chi connectivity index (χ4n) is 3.86. The number of aromatic nitrogens is 1. The molecule has 3 aromatic rings. The fourth-order valence-corrected chi connectivity index (χ4v) is 3.86. The van der Waals surface area contributed by atoms with E-state index in [-0.39, 0.29) is 22.9 Å². The van der Waals surface area contributed by atoms with Crippen LogP contribution in [0, 0.1) is 0 Å². The Morgan fingerprint density at radius 1 is 1.03 bits per heavy atom. The Kier molecular flexibility index (Phi) is 5.62. The highest BCUT2D eigenvalue weighted by atomic mass is 16.2. The first kappa shape index (κ1) is 19.2. The van der Waals surface area contributed by atoms with Gasteiger partial charge in [-0.15, -0.1) is 0 Å². The second kappa shape index (κ2) is 8.49. The number of anilines is 1. The van der Waals surface area contributed by atoms with Crippen molar-refractivity contribution in [3.63, 3.8) is 0 Å². The SMILES string of the molecule is CC(CNC(=O)c1c[nH]c2ccccc2c1=O)N1CCN(c2ccccc2)CC1. The van der Waals surface area contributed by atoms with Gasteiger partial charge in [-0.05, 0) is 31.2 Å². The third-order valence-corrected chi connectivity index (χ3v) is 5.65. The molecule has 0 saturated carbocycles. The number of hydrogen-bond acceptors (Lipinski definition) is 4. The first-order valence-corrected chi connectivity index (χ1v) is 10.1. The molecule has 150 valence electrons. The summed E-state index contributed by atoms with van der Waals surface area (Å²) in [6.07, 6.45) is 1.50. The summed E-state index contributed by atoms with van der Waals surface area (Å²) < 4.78 is 0. The Morgan fingerprint density at radius 2 is 1.72 bits per heavy atom. The normalized spacial score (nSPS) is 16.0. The van der Waals surface area contributed by atoms with Gasteiger partial charge in [0.15, 0.2) is 0 Å². The standard InChI is InChI=1S/C23H26N4O2/c1-17(26-11-13-27(14-12-26)18-7-3-2-4-8-18)15-25-23(29)20-16-24-21-10-6-5-9-19(21)22(20)28/h2-10,16-17H,11-15H2,1H3,(H,24,28)(H,25,29). The van der Waals surface area contributed by atoms with Crippen molar-refractivity contribution in [2.45, 2.75) is 13.0 Å². The number of H-pyrrole nitrogens is 1. The molecule has 29 heavy (non-hydrogen) atoms. The van der Waals surface area contributed by atoms with E-state index in [2.05, 4.69) is 51.3 Å². The van der Waals surface area contributed by atoms with Crippen molar-refractivity contribution < 1.29 is 4.79 Å². The number of pyridine rings is 1. The van der Waals surface area contributed by atoms with E-state index in [1.54, 1.807) is 12.1 Å². The first-order valence-electron chi connectivity index (χ1n) is 10.1. The maximum absolute atomic E-state index is 12.6. The van der Waals surface area contributed by atoms with E-state index in [9.17, 15) is 9.59 Å². The van der Waals surface area contributed by atoms with Crippen LogP contribution in [0.5, 0.6) is 0 Å². The van der Waals surface area contributed by atoms with Gasteiger partial charge in [-0.1, -0.05) is 30.3 Å². The summed E-state index contributed by atoms with van der Waals surface area (Å²) in [4.78, 5) is 33.0. The lowest BCUT2D eigenvalue weighted by atomic mass is 10.1. The first-order chi connectivity index (χ1) is 14.1. The number of piperazine rings is 1. The number of aromatic amines is 1. The van der Waals surface area contributed by atoms with Gasteiger partial charge in [0.2, 0.25) is 5.43 Å². The number of carbonyl (C=O) groups excluding carboxylic acids is 1. The van der Waals surface area contributed by atoms with E-state index < -0.39 is 0 Å². The molecule has 2 N–H and O–H groups in total. The number of carbonyl (C=O) groups is 1. The molecule has 2 heterocycles. The lowest BCUT2D eigenvalue weighted by Crippen LogP contribution is -2.52. The molecule has 1 unspecified atom stereocenters. The van der Waals surface area contributed by atoms with Crippen LogP contribution in [0.4, 0.5) is 5.69 Å². The molecule has 0 radical (unpaired) electrons. The minimum atomic E-state index is -0.327. The van der Waals surface area contributed by atoms with Gasteiger partial charge in [0.05, 0.1) is 0 Å². The van der Waals surface area contributed by atoms with Crippen LogP contribution in [-0.4, -0.2) is 54.6 Å². The summed E-state index contributed by atoms with van der Waals surface area (Å²) in [5.41, 5.74) is 1.91. The predicted molar refractivity (Wildman–Crippen MR) is 117 cm³/mol. The van der Waals surface area contributed by atoms with Crippen molar-refractivity contribution >= 4 is 22.5 Å². The number of nitrogens with one attached hydrogen (secondary N) is 2. The number of rotatable bonds is 5. The van der Waals surface area contributed by atoms with Gasteiger partial charge in [0.25, 0.3) is 5.91 Å². The Bertz CT molecular complexity index is 1040. The van der Waals surface area contributed by atoms with Gasteiger partial charge >= 0.3 is 0 Å². The molecule has 0 bridgehead atoms. The summed E-state index contributed by atoms with van der Waals surface area (Å²) in [7, 11) is 0. The zero-order chi connectivity index (χ0) is 20.2. The maximum Gasteiger partial charge on any atom is 0.256 e. The van der Waals surface area contributed by atoms with Crippen molar-refractivity contribution in [3.8, 4) is 0 Å². The van der Waals surface area contributed by atoms with Crippen molar-refractivity contribution in [1.82, 2.24) is 15.2 Å². The average molecular weight is 390 g/mol. The molecule has 2 aromatic carbocycles. The summed E-state index contributed by atoms with van der Waals surface area (Å²) in [5.74, 6) is -0.327. The Labute approximate surface area is 170 Å². The van der Waals surface area contributed by atoms with Crippen molar-refractivity contribution in [2.75, 3.05) is 37.6 Å². The molecule has 1 atom stereocenters. The number of nitrogens with zero attached hydrogens (tertiary/aromatic N) is 2. The average Bonchev–Trinajstić information content (AvgIpc) is 2.78. The van der Waals surface area contributed by atoms with Gasteiger partial charge in [0.1, 0.15) is 5.56 Å². The van der Waals surface area contributed by atoms with Crippen LogP contribution in [0.1, 0.15) is 17.3 Å². The zero-order valence-electron chi connectivity index (χ0n) is 16.6. The lowest BCUT2D eigenvalue weighted by molar-refractivity contribution is 0.0933. The summed E-state index contributed by atoms with van der Waals surface area (Å²) in [5, 5.41) is 3.46. The van der Waals surface area contributed by atoms with Crippen LogP contribution in [0.3, 0.4) is 0 Å². The van der Waals surface area contributed by atoms with Crippen LogP contribution in [0.15, 0.2) is 65.6 Å². The van der Waals surface area contributed by atoms with E-state index in [0.717, 1.165) is 31.7 Å². The van der Waals surface area contributed by atoms with Crippen molar-refractivity contribution in [1.29, 1.82) is 0 Å². The number of hydrogen-bond donors (Lipinski definition) is 2. The van der Waals surface area contributed by atoms with Crippen LogP contribution in [0.25, 0.3) is 10.9 Å². The van der Waals surface area contributed by atoms with Crippen molar-refractivity contribution in [3.05, 3.63) is 76.6 Å². The van der Waals surface area contributed by atoms with Gasteiger partial charge in [0, 0.05) is 61.6 Å². The topological polar surface area (TPSA) is 68.4 Å². The van der Waals surface area contributed by atoms with Gasteiger partial charge in [-0.2, -0.15) is 0 Å². The molecule has 1 fully saturated rings. The number of benzene rings is 2. The van der Waals surface area contributed by atoms with E-state index in [0.29, 0.717) is 11.9 Å². The van der Waals surface area contributed by atoms with E-state index in [1.165, 1.54) is 11.9 Å². The summed E-state index contributed by atoms with van der Waals surface area (Å²) in [6, 6.07) is 17.9. The van der Waals surface area contributed by atoms with Crippen LogP contribution < -0.4 is 15.6 Å². The minimum absolute atomic E-state index is 0.157. The highest BCUT2D eigenvalue weighted by Gasteiger charge is 2.22. The van der Waals surface area contributed by atoms with E-state index >= 15 is 0 Å². The van der Waals surface area contributed by atoms with Crippen LogP contribution >= 0.6 is 0 Å². The molecule has 4 rings (SSSR count). The second-order valence-electron chi connectivity index (χ2n) is 7.49. The number of para-hydroxylation sites is 2. The van der Waals surface area contributed by atoms with E-state index in [1.807, 2.05) is 18.2 Å². The van der Waals surface area contributed by atoms with Crippen LogP contribution in [-0.2, 0) is 0 Å². The smallest absolute Gasteiger partial charge is 0.256 e. The van der Waals surface area contributed by atoms with Crippen molar-refractivity contribution in [2.24, 2.45) is 0 Å². The van der Waals surface area contributed by atoms with Gasteiger partial charge in [-0.3, -0.25) is 14.5 Å². The Hall–Kier alpha value is -3.12. The Balaban J connectivity index is 1.33. The summed E-state index contributed by atoms with van der Waals surface area (Å²) in [6.45, 7) is 6.45. The monoisotopic (exact) mass is 390 g/mol. The maximum atomic E-state index is 12.6. The van der Waals surface area contributed by atoms with E-state index in [4.69, 9.17) is 0 Å². The summed E-state index contributed by atoms with van der Waals surface area (Å²) >= 11 is 0. The minimum Gasteiger partial charge on any atom is -0.369 e. The van der Waals surface area contributed by atoms with Gasteiger partial charge < -0.3 is 15.2 Å². The highest BCUT2D eigenvalue weighted by molar-refractivity contribution is 5.97. The quantitative estimate of drug-likeness (QED) is 0.702. The fraction of sp³-hybridized carbons (Fsp3) is 0.304. The molecule has 1 aromatic heterocycles. The molecule has 0 aliphatic carbocycles. The molecule has 1 saturated heterocycles. The molecule has 6 nitrogen and oxygen atoms in total. The zero-order valence-corrected chi connectivity index (χ0v) is 16.6. The largest absolute Gasteiger partial charge is 0.369 e. The molecular formula is C23H26N4O2. The number of fused-ring (bicyclic) bond motifs is 1. The second-order valence-corrected chi connectivity index (χ2v) is 7.49. The van der Waals surface area contributed by atoms with Gasteiger partial charge in [-0.25, -0.2) is 0 Å². The molecule has 1 aliphatic heterocycles. The predicted octanol–water partition coefficient (Wildman–Crippen LogP) is 2.47. The number of amides is 1. The lowest BCUT2D eigenvalue weighted by Gasteiger charge is -2.39. The third-order valence-electron chi connectivity index (χ3n) is 5.65. The molecule has 1 amide bonds. The highest BCUT2D eigenvalue weighted by Crippen LogP contribution is 2.16. The molecule has 0 spiro atoms. The van der Waals surface area contributed by atoms with Crippen LogP contribution in [0.2, 0.25) is 0 Å². The molecular weight excluding hydrogens is 364 g/mol. The molecule has 1 aliphatic rings. The third kappa shape index (κ3) is 4.17.